The van der Waals surface area contributed by atoms with Gasteiger partial charge in [-0.05, 0) is 61.1 Å². The second-order valence-corrected chi connectivity index (χ2v) is 8.82. The SMILES string of the molecule is C=CC(=O)N[C@@H]1CCC[C@@H]1Nc1ncc2cc(-c3c(Cl)c(CC)cc(OC)c3Cl)ccc2n1. The third-order valence-electron chi connectivity index (χ3n) is 6.06. The van der Waals surface area contributed by atoms with Crippen LogP contribution in [0.4, 0.5) is 5.95 Å². The van der Waals surface area contributed by atoms with Gasteiger partial charge < -0.3 is 15.4 Å². The Balaban J connectivity index is 1.63. The Bertz CT molecular complexity index is 1190. The third-order valence-corrected chi connectivity index (χ3v) is 6.86. The number of halogens is 2. The quantitative estimate of drug-likeness (QED) is 0.413. The number of nitrogens with zero attached hydrogens (tertiary/aromatic N) is 2. The van der Waals surface area contributed by atoms with Crippen LogP contribution in [-0.4, -0.2) is 35.1 Å². The molecule has 1 aromatic heterocycles. The van der Waals surface area contributed by atoms with Gasteiger partial charge in [-0.1, -0.05) is 42.8 Å². The van der Waals surface area contributed by atoms with Gasteiger partial charge >= 0.3 is 0 Å². The minimum absolute atomic E-state index is 0.0299. The highest BCUT2D eigenvalue weighted by molar-refractivity contribution is 6.40. The van der Waals surface area contributed by atoms with Crippen molar-refractivity contribution < 1.29 is 9.53 Å². The van der Waals surface area contributed by atoms with Crippen molar-refractivity contribution in [3.8, 4) is 16.9 Å². The Morgan fingerprint density at radius 2 is 2.03 bits per heavy atom. The lowest BCUT2D eigenvalue weighted by Gasteiger charge is -2.21. The van der Waals surface area contributed by atoms with E-state index in [0.717, 1.165) is 53.3 Å². The van der Waals surface area contributed by atoms with Crippen LogP contribution in [0.5, 0.6) is 5.75 Å². The van der Waals surface area contributed by atoms with Crippen molar-refractivity contribution in [1.29, 1.82) is 0 Å². The van der Waals surface area contributed by atoms with Crippen LogP contribution in [-0.2, 0) is 11.2 Å². The predicted octanol–water partition coefficient (Wildman–Crippen LogP) is 5.81. The fourth-order valence-electron chi connectivity index (χ4n) is 4.30. The third kappa shape index (κ3) is 4.77. The van der Waals surface area contributed by atoms with Gasteiger partial charge in [-0.2, -0.15) is 0 Å². The highest BCUT2D eigenvalue weighted by atomic mass is 35.5. The van der Waals surface area contributed by atoms with Crippen molar-refractivity contribution >= 4 is 46.0 Å². The van der Waals surface area contributed by atoms with Gasteiger partial charge in [0, 0.05) is 29.2 Å². The van der Waals surface area contributed by atoms with E-state index in [1.54, 1.807) is 13.3 Å². The minimum atomic E-state index is -0.165. The Kier molecular flexibility index (Phi) is 7.05. The van der Waals surface area contributed by atoms with Crippen LogP contribution >= 0.6 is 23.2 Å². The maximum absolute atomic E-state index is 11.7. The molecule has 0 saturated heterocycles. The first kappa shape index (κ1) is 23.3. The molecule has 4 rings (SSSR count). The van der Waals surface area contributed by atoms with Crippen molar-refractivity contribution in [3.63, 3.8) is 0 Å². The molecule has 0 unspecified atom stereocenters. The molecule has 1 heterocycles. The molecule has 2 N–H and O–H groups in total. The lowest BCUT2D eigenvalue weighted by molar-refractivity contribution is -0.117. The Morgan fingerprint density at radius 1 is 1.24 bits per heavy atom. The number of methoxy groups -OCH3 is 1. The van der Waals surface area contributed by atoms with E-state index < -0.39 is 0 Å². The first-order chi connectivity index (χ1) is 15.9. The topological polar surface area (TPSA) is 76.1 Å². The fourth-order valence-corrected chi connectivity index (χ4v) is 5.07. The summed E-state index contributed by atoms with van der Waals surface area (Å²) in [6, 6.07) is 7.85. The van der Waals surface area contributed by atoms with Crippen LogP contribution in [0.2, 0.25) is 10.0 Å². The molecule has 0 aliphatic heterocycles. The zero-order valence-corrected chi connectivity index (χ0v) is 20.1. The molecule has 3 aromatic rings. The van der Waals surface area contributed by atoms with E-state index >= 15 is 0 Å². The first-order valence-electron chi connectivity index (χ1n) is 11.0. The summed E-state index contributed by atoms with van der Waals surface area (Å²) in [5.41, 5.74) is 3.38. The standard InChI is InChI=1S/C25H26Cl2N4O2/c1-4-14-12-20(33-3)24(27)22(23(14)26)15-9-10-17-16(11-15)13-28-25(30-17)31-19-8-6-7-18(19)29-21(32)5-2/h5,9-13,18-19H,2,4,6-8H2,1,3H3,(H,29,32)(H,28,30,31)/t18-,19+/m1/s1. The molecular weight excluding hydrogens is 459 g/mol. The Hall–Kier alpha value is -2.83. The largest absolute Gasteiger partial charge is 0.495 e. The van der Waals surface area contributed by atoms with Gasteiger partial charge in [-0.3, -0.25) is 4.79 Å². The van der Waals surface area contributed by atoms with E-state index in [-0.39, 0.29) is 18.0 Å². The van der Waals surface area contributed by atoms with E-state index in [0.29, 0.717) is 21.7 Å². The van der Waals surface area contributed by atoms with Gasteiger partial charge in [0.1, 0.15) is 5.75 Å². The number of hydrogen-bond donors (Lipinski definition) is 2. The predicted molar refractivity (Wildman–Crippen MR) is 134 cm³/mol. The number of rotatable bonds is 7. The first-order valence-corrected chi connectivity index (χ1v) is 11.7. The second-order valence-electron chi connectivity index (χ2n) is 8.06. The van der Waals surface area contributed by atoms with Crippen LogP contribution in [0.1, 0.15) is 31.7 Å². The number of nitrogens with one attached hydrogen (secondary N) is 2. The maximum atomic E-state index is 11.7. The molecule has 0 spiro atoms. The summed E-state index contributed by atoms with van der Waals surface area (Å²) in [4.78, 5) is 20.9. The molecule has 0 radical (unpaired) electrons. The number of anilines is 1. The Morgan fingerprint density at radius 3 is 2.76 bits per heavy atom. The van der Waals surface area contributed by atoms with Crippen molar-refractivity contribution in [2.24, 2.45) is 0 Å². The highest BCUT2D eigenvalue weighted by Gasteiger charge is 2.28. The molecule has 1 amide bonds. The van der Waals surface area contributed by atoms with Crippen LogP contribution in [0.3, 0.4) is 0 Å². The van der Waals surface area contributed by atoms with E-state index in [1.807, 2.05) is 31.2 Å². The summed E-state index contributed by atoms with van der Waals surface area (Å²) in [5.74, 6) is 0.964. The van der Waals surface area contributed by atoms with Gasteiger partial charge in [0.2, 0.25) is 11.9 Å². The zero-order valence-electron chi connectivity index (χ0n) is 18.6. The number of fused-ring (bicyclic) bond motifs is 1. The number of carbonyl (C=O) groups excluding carboxylic acids is 1. The molecular formula is C25H26Cl2N4O2. The molecule has 2 aromatic carbocycles. The molecule has 6 nitrogen and oxygen atoms in total. The highest BCUT2D eigenvalue weighted by Crippen LogP contribution is 2.43. The van der Waals surface area contributed by atoms with Crippen LogP contribution in [0.25, 0.3) is 22.0 Å². The van der Waals surface area contributed by atoms with Crippen molar-refractivity contribution in [2.45, 2.75) is 44.7 Å². The number of benzene rings is 2. The molecule has 1 saturated carbocycles. The summed E-state index contributed by atoms with van der Waals surface area (Å²) in [6.45, 7) is 5.56. The summed E-state index contributed by atoms with van der Waals surface area (Å²) in [7, 11) is 1.60. The summed E-state index contributed by atoms with van der Waals surface area (Å²) >= 11 is 13.3. The molecule has 33 heavy (non-hydrogen) atoms. The van der Waals surface area contributed by atoms with Gasteiger partial charge in [0.05, 0.1) is 22.7 Å². The number of carbonyl (C=O) groups is 1. The summed E-state index contributed by atoms with van der Waals surface area (Å²) < 4.78 is 5.46. The molecule has 0 bridgehead atoms. The fraction of sp³-hybridized carbons (Fsp3) is 0.320. The van der Waals surface area contributed by atoms with E-state index in [2.05, 4.69) is 27.2 Å². The average Bonchev–Trinajstić information content (AvgIpc) is 3.25. The van der Waals surface area contributed by atoms with Crippen molar-refractivity contribution in [3.05, 3.63) is 58.7 Å². The monoisotopic (exact) mass is 484 g/mol. The number of amides is 1. The number of aromatic nitrogens is 2. The van der Waals surface area contributed by atoms with Crippen molar-refractivity contribution in [1.82, 2.24) is 15.3 Å². The summed E-state index contributed by atoms with van der Waals surface area (Å²) in [6.07, 6.45) is 6.72. The molecule has 1 fully saturated rings. The van der Waals surface area contributed by atoms with Crippen LogP contribution < -0.4 is 15.4 Å². The lowest BCUT2D eigenvalue weighted by atomic mass is 9.99. The number of aryl methyl sites for hydroxylation is 1. The Labute approximate surface area is 203 Å². The average molecular weight is 485 g/mol. The molecule has 1 aliphatic rings. The number of hydrogen-bond acceptors (Lipinski definition) is 5. The van der Waals surface area contributed by atoms with Gasteiger partial charge in [0.15, 0.2) is 0 Å². The van der Waals surface area contributed by atoms with Gasteiger partial charge in [-0.25, -0.2) is 9.97 Å². The van der Waals surface area contributed by atoms with E-state index in [4.69, 9.17) is 27.9 Å². The van der Waals surface area contributed by atoms with Gasteiger partial charge in [0.25, 0.3) is 0 Å². The lowest BCUT2D eigenvalue weighted by Crippen LogP contribution is -2.42. The maximum Gasteiger partial charge on any atom is 0.243 e. The minimum Gasteiger partial charge on any atom is -0.495 e. The van der Waals surface area contributed by atoms with Crippen molar-refractivity contribution in [2.75, 3.05) is 12.4 Å². The normalized spacial score (nSPS) is 17.7. The molecule has 1 aliphatic carbocycles. The van der Waals surface area contributed by atoms with Gasteiger partial charge in [-0.15, -0.1) is 0 Å². The number of ether oxygens (including phenoxy) is 1. The smallest absolute Gasteiger partial charge is 0.243 e. The van der Waals surface area contributed by atoms with E-state index in [1.165, 1.54) is 6.08 Å². The molecule has 8 heteroatoms. The zero-order chi connectivity index (χ0) is 23.5. The van der Waals surface area contributed by atoms with Crippen LogP contribution in [0, 0.1) is 0 Å². The molecule has 172 valence electrons. The summed E-state index contributed by atoms with van der Waals surface area (Å²) in [5, 5.41) is 8.33. The van der Waals surface area contributed by atoms with Crippen LogP contribution in [0.15, 0.2) is 43.1 Å². The molecule has 2 atom stereocenters. The second kappa shape index (κ2) is 9.98. The van der Waals surface area contributed by atoms with E-state index in [9.17, 15) is 4.79 Å².